The lowest BCUT2D eigenvalue weighted by atomic mass is 10.2. The van der Waals surface area contributed by atoms with Crippen molar-refractivity contribution in [2.75, 3.05) is 0 Å². The fourth-order valence-electron chi connectivity index (χ4n) is 2.47. The van der Waals surface area contributed by atoms with E-state index in [9.17, 15) is 5.11 Å². The first-order valence-corrected chi connectivity index (χ1v) is 7.45. The van der Waals surface area contributed by atoms with Gasteiger partial charge in [0.2, 0.25) is 5.88 Å². The van der Waals surface area contributed by atoms with E-state index in [1.54, 1.807) is 24.3 Å². The van der Waals surface area contributed by atoms with E-state index in [4.69, 9.17) is 11.6 Å². The Kier molecular flexibility index (Phi) is 3.86. The maximum Gasteiger partial charge on any atom is 0.221 e. The molecule has 0 bridgehead atoms. The fraction of sp³-hybridized carbons (Fsp3) is 0.176. The predicted octanol–water partition coefficient (Wildman–Crippen LogP) is 6.00. The first-order valence-electron chi connectivity index (χ1n) is 7.07. The minimum atomic E-state index is 0.129. The van der Waals surface area contributed by atoms with Crippen molar-refractivity contribution in [2.24, 2.45) is 10.2 Å². The van der Waals surface area contributed by atoms with E-state index < -0.39 is 0 Å². The lowest BCUT2D eigenvalue weighted by Gasteiger charge is -2.10. The third kappa shape index (κ3) is 2.57. The normalized spacial score (nSPS) is 11.8. The fourth-order valence-corrected chi connectivity index (χ4v) is 2.60. The van der Waals surface area contributed by atoms with Crippen LogP contribution in [0.15, 0.2) is 58.8 Å². The maximum absolute atomic E-state index is 10.5. The molecule has 0 spiro atoms. The van der Waals surface area contributed by atoms with Crippen LogP contribution >= 0.6 is 11.6 Å². The Bertz CT molecular complexity index is 835. The number of aromatic hydroxyl groups is 1. The average molecular weight is 314 g/mol. The Morgan fingerprint density at radius 3 is 2.36 bits per heavy atom. The highest BCUT2D eigenvalue weighted by atomic mass is 35.5. The summed E-state index contributed by atoms with van der Waals surface area (Å²) in [7, 11) is 0. The molecule has 0 fully saturated rings. The van der Waals surface area contributed by atoms with E-state index in [0.29, 0.717) is 16.4 Å². The largest absolute Gasteiger partial charge is 0.493 e. The van der Waals surface area contributed by atoms with Crippen molar-refractivity contribution in [3.8, 4) is 5.88 Å². The SMILES string of the molecule is CC(C)n1c(O)c(N=Nc2ccc(Cl)cc2)c2ccccc21. The highest BCUT2D eigenvalue weighted by molar-refractivity contribution is 6.30. The van der Waals surface area contributed by atoms with Crippen molar-refractivity contribution in [3.63, 3.8) is 0 Å². The molecule has 4 nitrogen and oxygen atoms in total. The molecule has 1 N–H and O–H groups in total. The third-order valence-electron chi connectivity index (χ3n) is 3.47. The molecular weight excluding hydrogens is 298 g/mol. The Labute approximate surface area is 133 Å². The van der Waals surface area contributed by atoms with Gasteiger partial charge in [0.05, 0.1) is 11.2 Å². The second-order valence-electron chi connectivity index (χ2n) is 5.33. The highest BCUT2D eigenvalue weighted by Crippen LogP contribution is 2.41. The Morgan fingerprint density at radius 2 is 1.68 bits per heavy atom. The van der Waals surface area contributed by atoms with Gasteiger partial charge in [0.15, 0.2) is 5.69 Å². The van der Waals surface area contributed by atoms with Crippen molar-refractivity contribution in [2.45, 2.75) is 19.9 Å². The summed E-state index contributed by atoms with van der Waals surface area (Å²) in [6.07, 6.45) is 0. The van der Waals surface area contributed by atoms with E-state index in [1.807, 2.05) is 42.7 Å². The van der Waals surface area contributed by atoms with Crippen LogP contribution in [0.5, 0.6) is 5.88 Å². The van der Waals surface area contributed by atoms with Crippen LogP contribution in [0, 0.1) is 0 Å². The minimum absolute atomic E-state index is 0.129. The second-order valence-corrected chi connectivity index (χ2v) is 5.77. The lowest BCUT2D eigenvalue weighted by Crippen LogP contribution is -1.98. The van der Waals surface area contributed by atoms with Gasteiger partial charge in [-0.2, -0.15) is 5.11 Å². The van der Waals surface area contributed by atoms with Crippen molar-refractivity contribution < 1.29 is 5.11 Å². The zero-order chi connectivity index (χ0) is 15.7. The van der Waals surface area contributed by atoms with Crippen LogP contribution < -0.4 is 0 Å². The zero-order valence-corrected chi connectivity index (χ0v) is 13.1. The van der Waals surface area contributed by atoms with Crippen LogP contribution in [0.3, 0.4) is 0 Å². The number of hydrogen-bond acceptors (Lipinski definition) is 3. The number of benzene rings is 2. The summed E-state index contributed by atoms with van der Waals surface area (Å²) in [6, 6.07) is 15.0. The lowest BCUT2D eigenvalue weighted by molar-refractivity contribution is 0.407. The van der Waals surface area contributed by atoms with Gasteiger partial charge in [-0.25, -0.2) is 0 Å². The van der Waals surface area contributed by atoms with Gasteiger partial charge in [-0.05, 0) is 44.2 Å². The number of halogens is 1. The summed E-state index contributed by atoms with van der Waals surface area (Å²) in [5.41, 5.74) is 2.12. The molecular formula is C17H16ClN3O. The zero-order valence-electron chi connectivity index (χ0n) is 12.4. The Morgan fingerprint density at radius 1 is 1.00 bits per heavy atom. The Hall–Kier alpha value is -2.33. The molecule has 0 unspecified atom stereocenters. The van der Waals surface area contributed by atoms with E-state index in [-0.39, 0.29) is 11.9 Å². The standard InChI is InChI=1S/C17H16ClN3O/c1-11(2)21-15-6-4-3-5-14(15)16(17(21)22)20-19-13-9-7-12(18)8-10-13/h3-11,22H,1-2H3. The summed E-state index contributed by atoms with van der Waals surface area (Å²) < 4.78 is 1.85. The minimum Gasteiger partial charge on any atom is -0.493 e. The van der Waals surface area contributed by atoms with Crippen LogP contribution in [0.4, 0.5) is 11.4 Å². The Balaban J connectivity index is 2.11. The van der Waals surface area contributed by atoms with Gasteiger partial charge in [-0.15, -0.1) is 5.11 Å². The van der Waals surface area contributed by atoms with Gasteiger partial charge in [-0.1, -0.05) is 29.8 Å². The van der Waals surface area contributed by atoms with Gasteiger partial charge in [0.1, 0.15) is 0 Å². The van der Waals surface area contributed by atoms with Crippen LogP contribution in [-0.2, 0) is 0 Å². The van der Waals surface area contributed by atoms with E-state index in [2.05, 4.69) is 10.2 Å². The van der Waals surface area contributed by atoms with Crippen molar-refractivity contribution in [1.29, 1.82) is 0 Å². The molecule has 0 atom stereocenters. The average Bonchev–Trinajstić information content (AvgIpc) is 2.78. The quantitative estimate of drug-likeness (QED) is 0.592. The van der Waals surface area contributed by atoms with Crippen molar-refractivity contribution in [1.82, 2.24) is 4.57 Å². The topological polar surface area (TPSA) is 49.9 Å². The molecule has 1 heterocycles. The van der Waals surface area contributed by atoms with E-state index >= 15 is 0 Å². The molecule has 0 radical (unpaired) electrons. The molecule has 0 saturated heterocycles. The van der Waals surface area contributed by atoms with Gasteiger partial charge in [-0.3, -0.25) is 0 Å². The molecule has 0 aliphatic heterocycles. The number of hydrogen-bond donors (Lipinski definition) is 1. The monoisotopic (exact) mass is 313 g/mol. The molecule has 0 aliphatic carbocycles. The molecule has 112 valence electrons. The molecule has 3 rings (SSSR count). The van der Waals surface area contributed by atoms with E-state index in [1.165, 1.54) is 0 Å². The second kappa shape index (κ2) is 5.81. The molecule has 22 heavy (non-hydrogen) atoms. The van der Waals surface area contributed by atoms with Crippen LogP contribution in [0.25, 0.3) is 10.9 Å². The number of para-hydroxylation sites is 1. The smallest absolute Gasteiger partial charge is 0.221 e. The molecule has 0 aliphatic rings. The molecule has 5 heteroatoms. The molecule has 0 saturated carbocycles. The summed E-state index contributed by atoms with van der Waals surface area (Å²) in [4.78, 5) is 0. The number of rotatable bonds is 3. The van der Waals surface area contributed by atoms with Gasteiger partial charge in [0.25, 0.3) is 0 Å². The van der Waals surface area contributed by atoms with Gasteiger partial charge in [0, 0.05) is 16.5 Å². The molecule has 2 aromatic carbocycles. The first kappa shape index (κ1) is 14.6. The molecule has 3 aromatic rings. The third-order valence-corrected chi connectivity index (χ3v) is 3.72. The number of azo groups is 1. The van der Waals surface area contributed by atoms with Crippen molar-refractivity contribution in [3.05, 3.63) is 53.6 Å². The maximum atomic E-state index is 10.5. The van der Waals surface area contributed by atoms with Crippen LogP contribution in [0.1, 0.15) is 19.9 Å². The van der Waals surface area contributed by atoms with Gasteiger partial charge >= 0.3 is 0 Å². The highest BCUT2D eigenvalue weighted by Gasteiger charge is 2.17. The predicted molar refractivity (Wildman–Crippen MR) is 89.6 cm³/mol. The summed E-state index contributed by atoms with van der Waals surface area (Å²) in [5.74, 6) is 0.133. The number of fused-ring (bicyclic) bond motifs is 1. The molecule has 1 aromatic heterocycles. The van der Waals surface area contributed by atoms with Crippen molar-refractivity contribution >= 4 is 33.9 Å². The van der Waals surface area contributed by atoms with Crippen LogP contribution in [0.2, 0.25) is 5.02 Å². The molecule has 0 amide bonds. The summed E-state index contributed by atoms with van der Waals surface area (Å²) in [5, 5.41) is 20.5. The van der Waals surface area contributed by atoms with Gasteiger partial charge < -0.3 is 9.67 Å². The number of nitrogens with zero attached hydrogens (tertiary/aromatic N) is 3. The summed E-state index contributed by atoms with van der Waals surface area (Å²) >= 11 is 5.85. The number of aromatic nitrogens is 1. The first-order chi connectivity index (χ1) is 10.6. The van der Waals surface area contributed by atoms with E-state index in [0.717, 1.165) is 10.9 Å². The summed E-state index contributed by atoms with van der Waals surface area (Å²) in [6.45, 7) is 4.04. The van der Waals surface area contributed by atoms with Crippen LogP contribution in [-0.4, -0.2) is 9.67 Å².